The van der Waals surface area contributed by atoms with E-state index in [-0.39, 0.29) is 18.2 Å². The molecule has 0 aliphatic carbocycles. The monoisotopic (exact) mass is 390 g/mol. The van der Waals surface area contributed by atoms with E-state index in [0.29, 0.717) is 25.4 Å². The van der Waals surface area contributed by atoms with E-state index in [2.05, 4.69) is 43.4 Å². The van der Waals surface area contributed by atoms with E-state index >= 15 is 0 Å². The van der Waals surface area contributed by atoms with Gasteiger partial charge in [-0.1, -0.05) is 74.9 Å². The van der Waals surface area contributed by atoms with Crippen molar-refractivity contribution in [2.45, 2.75) is 46.1 Å². The van der Waals surface area contributed by atoms with E-state index < -0.39 is 0 Å². The highest BCUT2D eigenvalue weighted by molar-refractivity contribution is 5.97. The first-order valence-corrected chi connectivity index (χ1v) is 10.5. The van der Waals surface area contributed by atoms with Crippen LogP contribution in [-0.2, 0) is 16.1 Å². The molecule has 4 heteroatoms. The van der Waals surface area contributed by atoms with Gasteiger partial charge in [-0.3, -0.25) is 9.59 Å². The summed E-state index contributed by atoms with van der Waals surface area (Å²) in [5.41, 5.74) is 4.17. The summed E-state index contributed by atoms with van der Waals surface area (Å²) in [6.07, 6.45) is 6.91. The second-order valence-electron chi connectivity index (χ2n) is 7.96. The van der Waals surface area contributed by atoms with Crippen molar-refractivity contribution in [1.29, 1.82) is 0 Å². The Kier molecular flexibility index (Phi) is 7.23. The van der Waals surface area contributed by atoms with Crippen LogP contribution in [0.4, 0.5) is 5.69 Å². The Bertz CT molecular complexity index is 886. The molecule has 0 saturated heterocycles. The summed E-state index contributed by atoms with van der Waals surface area (Å²) >= 11 is 0. The maximum Gasteiger partial charge on any atom is 0.229 e. The average molecular weight is 391 g/mol. The van der Waals surface area contributed by atoms with Crippen molar-refractivity contribution in [3.8, 4) is 0 Å². The summed E-state index contributed by atoms with van der Waals surface area (Å²) in [7, 11) is 0. The predicted octanol–water partition coefficient (Wildman–Crippen LogP) is 5.04. The molecule has 2 aromatic rings. The van der Waals surface area contributed by atoms with Crippen molar-refractivity contribution in [3.05, 3.63) is 65.2 Å². The Morgan fingerprint density at radius 3 is 2.45 bits per heavy atom. The smallest absolute Gasteiger partial charge is 0.229 e. The number of carbonyl (C=O) groups excluding carboxylic acids is 2. The van der Waals surface area contributed by atoms with Crippen LogP contribution < -0.4 is 10.2 Å². The third-order valence-corrected chi connectivity index (χ3v) is 5.20. The number of anilines is 1. The molecule has 2 aromatic carbocycles. The molecule has 0 radical (unpaired) electrons. The van der Waals surface area contributed by atoms with Crippen LogP contribution in [-0.4, -0.2) is 18.4 Å². The van der Waals surface area contributed by atoms with Gasteiger partial charge in [0.25, 0.3) is 0 Å². The minimum atomic E-state index is 0.0185. The minimum absolute atomic E-state index is 0.0185. The first-order valence-electron chi connectivity index (χ1n) is 10.5. The van der Waals surface area contributed by atoms with Gasteiger partial charge < -0.3 is 10.2 Å². The maximum absolute atomic E-state index is 13.1. The lowest BCUT2D eigenvalue weighted by atomic mass is 10.0. The number of hydrogen-bond acceptors (Lipinski definition) is 2. The average Bonchev–Trinajstić information content (AvgIpc) is 2.69. The van der Waals surface area contributed by atoms with Crippen LogP contribution in [0.3, 0.4) is 0 Å². The van der Waals surface area contributed by atoms with Gasteiger partial charge in [-0.15, -0.1) is 0 Å². The molecule has 0 aromatic heterocycles. The van der Waals surface area contributed by atoms with Gasteiger partial charge in [0.1, 0.15) is 0 Å². The number of amides is 2. The van der Waals surface area contributed by atoms with Crippen molar-refractivity contribution in [2.75, 3.05) is 11.4 Å². The Morgan fingerprint density at radius 2 is 1.66 bits per heavy atom. The lowest BCUT2D eigenvalue weighted by Crippen LogP contribution is -2.35. The van der Waals surface area contributed by atoms with Crippen molar-refractivity contribution >= 4 is 29.7 Å². The zero-order chi connectivity index (χ0) is 20.6. The summed E-state index contributed by atoms with van der Waals surface area (Å²) in [5, 5.41) is 2.90. The Labute approximate surface area is 173 Å². The third kappa shape index (κ3) is 5.80. The molecule has 3 rings (SSSR count). The minimum Gasteiger partial charge on any atom is -0.356 e. The molecule has 1 aliphatic heterocycles. The molecule has 0 saturated carbocycles. The van der Waals surface area contributed by atoms with E-state index in [0.717, 1.165) is 35.2 Å². The van der Waals surface area contributed by atoms with Crippen LogP contribution in [0.2, 0.25) is 0 Å². The van der Waals surface area contributed by atoms with Crippen molar-refractivity contribution < 1.29 is 9.59 Å². The van der Waals surface area contributed by atoms with Crippen LogP contribution in [0.25, 0.3) is 12.2 Å². The van der Waals surface area contributed by atoms with Crippen molar-refractivity contribution in [3.63, 3.8) is 0 Å². The molecule has 0 bridgehead atoms. The number of nitrogens with zero attached hydrogens (tertiary/aromatic N) is 1. The van der Waals surface area contributed by atoms with Crippen LogP contribution in [0.1, 0.15) is 56.2 Å². The molecular formula is C25H30N2O2. The van der Waals surface area contributed by atoms with Gasteiger partial charge in [0.2, 0.25) is 11.8 Å². The number of hydrogen-bond donors (Lipinski definition) is 1. The molecule has 0 fully saturated rings. The highest BCUT2D eigenvalue weighted by atomic mass is 16.2. The van der Waals surface area contributed by atoms with Crippen LogP contribution in [0.15, 0.2) is 48.5 Å². The van der Waals surface area contributed by atoms with Gasteiger partial charge in [-0.25, -0.2) is 0 Å². The van der Waals surface area contributed by atoms with E-state index in [9.17, 15) is 9.59 Å². The molecule has 0 atom stereocenters. The van der Waals surface area contributed by atoms with E-state index in [1.807, 2.05) is 41.3 Å². The second-order valence-corrected chi connectivity index (χ2v) is 7.96. The zero-order valence-corrected chi connectivity index (χ0v) is 17.4. The fourth-order valence-corrected chi connectivity index (χ4v) is 3.58. The largest absolute Gasteiger partial charge is 0.356 e. The summed E-state index contributed by atoms with van der Waals surface area (Å²) in [4.78, 5) is 26.9. The van der Waals surface area contributed by atoms with Gasteiger partial charge >= 0.3 is 0 Å². The van der Waals surface area contributed by atoms with Gasteiger partial charge in [-0.05, 0) is 35.1 Å². The van der Waals surface area contributed by atoms with Crippen LogP contribution >= 0.6 is 0 Å². The summed E-state index contributed by atoms with van der Waals surface area (Å²) in [5.74, 6) is 0.651. The summed E-state index contributed by atoms with van der Waals surface area (Å²) in [6, 6.07) is 16.1. The van der Waals surface area contributed by atoms with Crippen LogP contribution in [0, 0.1) is 5.92 Å². The number of fused-ring (bicyclic) bond motifs is 2. The Hall–Kier alpha value is -2.88. The molecule has 2 amide bonds. The van der Waals surface area contributed by atoms with Crippen molar-refractivity contribution in [2.24, 2.45) is 5.92 Å². The number of benzene rings is 2. The first kappa shape index (κ1) is 20.8. The predicted molar refractivity (Wildman–Crippen MR) is 119 cm³/mol. The fourth-order valence-electron chi connectivity index (χ4n) is 3.58. The van der Waals surface area contributed by atoms with Crippen LogP contribution in [0.5, 0.6) is 0 Å². The Balaban J connectivity index is 1.66. The quantitative estimate of drug-likeness (QED) is 0.720. The molecule has 152 valence electrons. The Morgan fingerprint density at radius 1 is 0.966 bits per heavy atom. The van der Waals surface area contributed by atoms with Gasteiger partial charge in [0.15, 0.2) is 0 Å². The van der Waals surface area contributed by atoms with E-state index in [1.165, 1.54) is 0 Å². The highest BCUT2D eigenvalue weighted by Crippen LogP contribution is 2.29. The molecule has 0 unspecified atom stereocenters. The molecule has 29 heavy (non-hydrogen) atoms. The lowest BCUT2D eigenvalue weighted by molar-refractivity contribution is -0.121. The SMILES string of the molecule is CC(C)CCCC(=O)NCCC(=O)N1Cc2ccccc2/C=C\c2ccccc21. The standard InChI is InChI=1S/C25H30N2O2/c1-19(2)8-7-13-24(28)26-17-16-25(29)27-18-22-11-4-3-9-20(22)14-15-21-10-5-6-12-23(21)27/h3-6,9-12,14-15,19H,7-8,13,16-18H2,1-2H3,(H,26,28)/b15-14-. The third-order valence-electron chi connectivity index (χ3n) is 5.20. The molecule has 1 heterocycles. The molecule has 4 nitrogen and oxygen atoms in total. The molecule has 1 aliphatic rings. The zero-order valence-electron chi connectivity index (χ0n) is 17.4. The van der Waals surface area contributed by atoms with Gasteiger partial charge in [-0.2, -0.15) is 0 Å². The van der Waals surface area contributed by atoms with E-state index in [4.69, 9.17) is 0 Å². The molecule has 1 N–H and O–H groups in total. The van der Waals surface area contributed by atoms with Gasteiger partial charge in [0, 0.05) is 19.4 Å². The number of nitrogens with one attached hydrogen (secondary N) is 1. The fraction of sp³-hybridized carbons (Fsp3) is 0.360. The number of para-hydroxylation sites is 1. The topological polar surface area (TPSA) is 49.4 Å². The molecule has 0 spiro atoms. The molecular weight excluding hydrogens is 360 g/mol. The van der Waals surface area contributed by atoms with E-state index in [1.54, 1.807) is 0 Å². The first-order chi connectivity index (χ1) is 14.0. The van der Waals surface area contributed by atoms with Crippen molar-refractivity contribution in [1.82, 2.24) is 5.32 Å². The normalized spacial score (nSPS) is 13.8. The number of rotatable bonds is 7. The summed E-state index contributed by atoms with van der Waals surface area (Å²) < 4.78 is 0. The van der Waals surface area contributed by atoms with Gasteiger partial charge in [0.05, 0.1) is 12.2 Å². The lowest BCUT2D eigenvalue weighted by Gasteiger charge is -2.27. The highest BCUT2D eigenvalue weighted by Gasteiger charge is 2.20. The summed E-state index contributed by atoms with van der Waals surface area (Å²) in [6.45, 7) is 5.21. The second kappa shape index (κ2) is 10.1. The maximum atomic E-state index is 13.1. The number of carbonyl (C=O) groups is 2.